The molecule has 1 aliphatic heterocycles. The Labute approximate surface area is 222 Å². The second-order valence-electron chi connectivity index (χ2n) is 11.3. The number of benzene rings is 1. The topological polar surface area (TPSA) is 74.2 Å². The molecule has 9 heteroatoms. The smallest absolute Gasteiger partial charge is 0.410 e. The zero-order chi connectivity index (χ0) is 26.1. The summed E-state index contributed by atoms with van der Waals surface area (Å²) in [5, 5.41) is 0.762. The zero-order valence-corrected chi connectivity index (χ0v) is 23.7. The van der Waals surface area contributed by atoms with E-state index < -0.39 is 21.7 Å². The van der Waals surface area contributed by atoms with E-state index in [0.29, 0.717) is 58.6 Å². The Kier molecular flexibility index (Phi) is 8.78. The molecule has 194 valence electrons. The molecule has 0 spiro atoms. The van der Waals surface area contributed by atoms with Crippen LogP contribution < -0.4 is 4.74 Å². The van der Waals surface area contributed by atoms with Crippen molar-refractivity contribution in [2.75, 3.05) is 19.7 Å². The molecule has 1 aromatic rings. The number of halogens is 2. The number of hydrogen-bond donors (Lipinski definition) is 0. The molecular weight excluding hydrogens is 507 g/mol. The van der Waals surface area contributed by atoms with Gasteiger partial charge in [0.1, 0.15) is 39.8 Å². The molecule has 35 heavy (non-hydrogen) atoms. The summed E-state index contributed by atoms with van der Waals surface area (Å²) in [7, 11) is 0. The lowest BCUT2D eigenvalue weighted by Gasteiger charge is -2.26. The van der Waals surface area contributed by atoms with E-state index >= 15 is 0 Å². The molecule has 3 atom stereocenters. The minimum atomic E-state index is -1.47. The maximum Gasteiger partial charge on any atom is 0.410 e. The van der Waals surface area contributed by atoms with E-state index in [2.05, 4.69) is 6.58 Å². The monoisotopic (exact) mass is 542 g/mol. The lowest BCUT2D eigenvalue weighted by atomic mass is 9.93. The van der Waals surface area contributed by atoms with Crippen molar-refractivity contribution in [3.05, 3.63) is 40.4 Å². The number of fused-ring (bicyclic) bond motifs is 1. The van der Waals surface area contributed by atoms with Crippen LogP contribution in [0.5, 0.6) is 5.75 Å². The average Bonchev–Trinajstić information content (AvgIpc) is 3.30. The standard InChI is InChI=1S/C26H36Cl2N2O4S/c1-8-9-33-22-13-21(28)20(27)12-19(22)23(29-35(32)26(5,6)7)16-10-17-14-30(15-18(17)11-16)24(31)34-25(2,3)4/h8,12-13,16-18H,1,9-11,14-15H2,2-7H3/t17-,18-,35?/m1/s1. The van der Waals surface area contributed by atoms with Gasteiger partial charge in [0.05, 0.1) is 10.0 Å². The van der Waals surface area contributed by atoms with Crippen molar-refractivity contribution >= 4 is 46.4 Å². The van der Waals surface area contributed by atoms with E-state index in [4.69, 9.17) is 37.1 Å². The lowest BCUT2D eigenvalue weighted by Crippen LogP contribution is -2.36. The average molecular weight is 544 g/mol. The van der Waals surface area contributed by atoms with E-state index in [1.54, 1.807) is 23.1 Å². The van der Waals surface area contributed by atoms with Gasteiger partial charge in [0.25, 0.3) is 0 Å². The molecule has 1 aromatic carbocycles. The first-order valence-electron chi connectivity index (χ1n) is 11.9. The van der Waals surface area contributed by atoms with Gasteiger partial charge in [-0.1, -0.05) is 40.3 Å². The van der Waals surface area contributed by atoms with E-state index in [1.165, 1.54) is 0 Å². The van der Waals surface area contributed by atoms with Crippen molar-refractivity contribution in [2.45, 2.75) is 64.7 Å². The minimum Gasteiger partial charge on any atom is -0.591 e. The number of likely N-dealkylation sites (tertiary alicyclic amines) is 1. The molecule has 1 unspecified atom stereocenters. The van der Waals surface area contributed by atoms with Gasteiger partial charge in [-0.3, -0.25) is 0 Å². The van der Waals surface area contributed by atoms with Gasteiger partial charge >= 0.3 is 6.09 Å². The Morgan fingerprint density at radius 1 is 1.17 bits per heavy atom. The molecule has 2 fully saturated rings. The minimum absolute atomic E-state index is 0.0559. The number of rotatable bonds is 6. The third kappa shape index (κ3) is 7.09. The normalized spacial score (nSPS) is 22.2. The van der Waals surface area contributed by atoms with E-state index in [-0.39, 0.29) is 12.0 Å². The van der Waals surface area contributed by atoms with Gasteiger partial charge in [0.15, 0.2) is 0 Å². The van der Waals surface area contributed by atoms with Gasteiger partial charge in [0.2, 0.25) is 0 Å². The number of ether oxygens (including phenoxy) is 2. The van der Waals surface area contributed by atoms with Crippen molar-refractivity contribution in [1.82, 2.24) is 4.90 Å². The van der Waals surface area contributed by atoms with Crippen LogP contribution in [0.15, 0.2) is 29.2 Å². The number of hydrogen-bond acceptors (Lipinski definition) is 5. The predicted molar refractivity (Wildman–Crippen MR) is 144 cm³/mol. The molecule has 3 rings (SSSR count). The Balaban J connectivity index is 1.91. The molecule has 1 heterocycles. The van der Waals surface area contributed by atoms with Crippen molar-refractivity contribution in [3.8, 4) is 5.75 Å². The predicted octanol–water partition coefficient (Wildman–Crippen LogP) is 6.70. The van der Waals surface area contributed by atoms with Crippen LogP contribution in [-0.4, -0.2) is 51.3 Å². The van der Waals surface area contributed by atoms with Crippen molar-refractivity contribution in [2.24, 2.45) is 22.2 Å². The summed E-state index contributed by atoms with van der Waals surface area (Å²) < 4.78 is 28.8. The summed E-state index contributed by atoms with van der Waals surface area (Å²) in [5.41, 5.74) is 0.894. The first-order valence-corrected chi connectivity index (χ1v) is 13.8. The van der Waals surface area contributed by atoms with Crippen LogP contribution in [0.2, 0.25) is 10.0 Å². The third-order valence-corrected chi connectivity index (χ3v) is 8.28. The number of amides is 1. The molecule has 0 aromatic heterocycles. The van der Waals surface area contributed by atoms with Crippen molar-refractivity contribution in [3.63, 3.8) is 0 Å². The second-order valence-corrected chi connectivity index (χ2v) is 14.0. The first-order chi connectivity index (χ1) is 16.2. The van der Waals surface area contributed by atoms with Crippen molar-refractivity contribution < 1.29 is 18.8 Å². The molecule has 1 amide bonds. The van der Waals surface area contributed by atoms with E-state index in [9.17, 15) is 9.35 Å². The highest BCUT2D eigenvalue weighted by Crippen LogP contribution is 2.45. The highest BCUT2D eigenvalue weighted by atomic mass is 35.5. The van der Waals surface area contributed by atoms with Crippen LogP contribution in [0.3, 0.4) is 0 Å². The van der Waals surface area contributed by atoms with Crippen LogP contribution in [0.4, 0.5) is 4.79 Å². The van der Waals surface area contributed by atoms with Crippen LogP contribution in [0, 0.1) is 17.8 Å². The van der Waals surface area contributed by atoms with Gasteiger partial charge in [0, 0.05) is 30.6 Å². The lowest BCUT2D eigenvalue weighted by molar-refractivity contribution is 0.0279. The highest BCUT2D eigenvalue weighted by Gasteiger charge is 2.46. The fourth-order valence-electron chi connectivity index (χ4n) is 4.57. The van der Waals surface area contributed by atoms with Gasteiger partial charge < -0.3 is 18.9 Å². The summed E-state index contributed by atoms with van der Waals surface area (Å²) in [6, 6.07) is 3.43. The molecule has 1 saturated carbocycles. The van der Waals surface area contributed by atoms with Gasteiger partial charge in [-0.2, -0.15) is 0 Å². The second kappa shape index (κ2) is 10.9. The third-order valence-electron chi connectivity index (χ3n) is 6.15. The Morgan fingerprint density at radius 2 is 1.74 bits per heavy atom. The first kappa shape index (κ1) is 28.2. The van der Waals surface area contributed by atoms with Crippen LogP contribution >= 0.6 is 23.2 Å². The molecule has 1 aliphatic carbocycles. The maximum absolute atomic E-state index is 13.1. The quantitative estimate of drug-likeness (QED) is 0.227. The summed E-state index contributed by atoms with van der Waals surface area (Å²) >= 11 is 11.2. The van der Waals surface area contributed by atoms with Crippen molar-refractivity contribution in [1.29, 1.82) is 0 Å². The van der Waals surface area contributed by atoms with Gasteiger partial charge in [-0.15, -0.1) is 0 Å². The Hall–Kier alpha value is -1.41. The maximum atomic E-state index is 13.1. The summed E-state index contributed by atoms with van der Waals surface area (Å²) in [6.45, 7) is 16.6. The van der Waals surface area contributed by atoms with E-state index in [0.717, 1.165) is 12.8 Å². The zero-order valence-electron chi connectivity index (χ0n) is 21.4. The summed E-state index contributed by atoms with van der Waals surface area (Å²) in [5.74, 6) is 1.24. The molecular formula is C26H36Cl2N2O4S. The molecule has 1 saturated heterocycles. The fourth-order valence-corrected chi connectivity index (χ4v) is 5.58. The molecule has 0 bridgehead atoms. The summed E-state index contributed by atoms with van der Waals surface area (Å²) in [4.78, 5) is 14.4. The molecule has 2 aliphatic rings. The van der Waals surface area contributed by atoms with Crippen LogP contribution in [0.25, 0.3) is 0 Å². The Bertz CT molecular complexity index is 973. The van der Waals surface area contributed by atoms with Crippen LogP contribution in [0.1, 0.15) is 59.9 Å². The SMILES string of the molecule is C=CCOc1cc(Cl)c(Cl)cc1C(=N[S+]([O-])C(C)(C)C)C1C[C@@H]2CN(C(=O)OC(C)(C)C)C[C@H]2C1. The van der Waals surface area contributed by atoms with Gasteiger partial charge in [-0.05, 0) is 72.3 Å². The summed E-state index contributed by atoms with van der Waals surface area (Å²) in [6.07, 6.45) is 3.04. The fraction of sp³-hybridized carbons (Fsp3) is 0.615. The number of carbonyl (C=O) groups is 1. The Morgan fingerprint density at radius 3 is 2.26 bits per heavy atom. The van der Waals surface area contributed by atoms with Crippen LogP contribution in [-0.2, 0) is 16.1 Å². The molecule has 0 N–H and O–H groups in total. The van der Waals surface area contributed by atoms with Gasteiger partial charge in [-0.25, -0.2) is 4.79 Å². The van der Waals surface area contributed by atoms with E-state index in [1.807, 2.05) is 41.5 Å². The largest absolute Gasteiger partial charge is 0.591 e. The number of carbonyl (C=O) groups excluding carboxylic acids is 1. The highest BCUT2D eigenvalue weighted by molar-refractivity contribution is 7.91. The number of nitrogens with zero attached hydrogens (tertiary/aromatic N) is 2. The molecule has 0 radical (unpaired) electrons. The molecule has 6 nitrogen and oxygen atoms in total.